The van der Waals surface area contributed by atoms with Gasteiger partial charge >= 0.3 is 0 Å². The van der Waals surface area contributed by atoms with Gasteiger partial charge in [0.1, 0.15) is 6.04 Å². The second-order valence-electron chi connectivity index (χ2n) is 17.5. The highest BCUT2D eigenvalue weighted by molar-refractivity contribution is 7.89. The van der Waals surface area contributed by atoms with E-state index in [2.05, 4.69) is 101 Å². The zero-order chi connectivity index (χ0) is 46.3. The Labute approximate surface area is 393 Å². The zero-order valence-corrected chi connectivity index (χ0v) is 38.5. The van der Waals surface area contributed by atoms with E-state index in [0.717, 1.165) is 38.9 Å². The van der Waals surface area contributed by atoms with Gasteiger partial charge in [-0.1, -0.05) is 175 Å². The number of fused-ring (bicyclic) bond motifs is 2. The molecule has 1 heterocycles. The first-order valence-corrected chi connectivity index (χ1v) is 24.2. The minimum absolute atomic E-state index is 0.0561. The minimum atomic E-state index is -3.99. The number of aliphatic hydroxyl groups excluding tert-OH is 1. The monoisotopic (exact) mass is 909 g/mol. The third-order valence-corrected chi connectivity index (χ3v) is 14.2. The van der Waals surface area contributed by atoms with Gasteiger partial charge in [-0.05, 0) is 93.5 Å². The number of nitrogens with one attached hydrogen (secondary N) is 2. The highest BCUT2D eigenvalue weighted by Crippen LogP contribution is 2.47. The summed E-state index contributed by atoms with van der Waals surface area (Å²) in [5, 5.41) is 17.8. The molecule has 0 radical (unpaired) electrons. The maximum absolute atomic E-state index is 13.8. The number of likely N-dealkylation sites (N-methyl/N-ethyl adjacent to an activating group) is 1. The molecule has 3 N–H and O–H groups in total. The SMILES string of the molecule is Cc1ccc(S(=O)(=O)NC(Cc2ccccc2)C(=O)NCc2ccc(C3OC(CN(C)Cc4c5ccccc5cc5ccccc45)C(c4ccccc4)C(c4ccc(CO)cc4)O3)cc2)cc1. The maximum atomic E-state index is 13.8. The molecule has 5 atom stereocenters. The number of amides is 1. The molecular formula is C57H55N3O6S. The summed E-state index contributed by atoms with van der Waals surface area (Å²) >= 11 is 0. The summed E-state index contributed by atoms with van der Waals surface area (Å²) in [7, 11) is -1.84. The molecule has 1 fully saturated rings. The van der Waals surface area contributed by atoms with Gasteiger partial charge < -0.3 is 19.9 Å². The maximum Gasteiger partial charge on any atom is 0.241 e. The highest BCUT2D eigenvalue weighted by Gasteiger charge is 2.42. The Hall–Kier alpha value is -6.50. The van der Waals surface area contributed by atoms with Crippen molar-refractivity contribution in [3.63, 3.8) is 0 Å². The fraction of sp³-hybridized carbons (Fsp3) is 0.211. The summed E-state index contributed by atoms with van der Waals surface area (Å²) in [6.07, 6.45) is -1.25. The average molecular weight is 910 g/mol. The molecule has 9 rings (SSSR count). The van der Waals surface area contributed by atoms with Crippen LogP contribution in [0.25, 0.3) is 21.5 Å². The molecule has 9 nitrogen and oxygen atoms in total. The van der Waals surface area contributed by atoms with Gasteiger partial charge in [0.25, 0.3) is 0 Å². The van der Waals surface area contributed by atoms with Gasteiger partial charge in [-0.25, -0.2) is 8.42 Å². The summed E-state index contributed by atoms with van der Waals surface area (Å²) < 4.78 is 43.8. The van der Waals surface area contributed by atoms with E-state index in [1.807, 2.05) is 91.9 Å². The molecule has 0 aliphatic carbocycles. The summed E-state index contributed by atoms with van der Waals surface area (Å²) in [6.45, 7) is 3.31. The van der Waals surface area contributed by atoms with Crippen LogP contribution in [0.2, 0.25) is 0 Å². The number of benzene rings is 8. The van der Waals surface area contributed by atoms with Gasteiger partial charge in [-0.15, -0.1) is 0 Å². The molecule has 0 spiro atoms. The van der Waals surface area contributed by atoms with Crippen molar-refractivity contribution in [3.05, 3.63) is 233 Å². The highest BCUT2D eigenvalue weighted by atomic mass is 32.2. The van der Waals surface area contributed by atoms with Gasteiger partial charge in [0.2, 0.25) is 15.9 Å². The number of carbonyl (C=O) groups is 1. The van der Waals surface area contributed by atoms with Crippen LogP contribution in [0.3, 0.4) is 0 Å². The predicted octanol–water partition coefficient (Wildman–Crippen LogP) is 10.1. The van der Waals surface area contributed by atoms with Crippen molar-refractivity contribution >= 4 is 37.5 Å². The molecule has 8 aromatic rings. The number of hydrogen-bond donors (Lipinski definition) is 3. The quantitative estimate of drug-likeness (QED) is 0.0827. The van der Waals surface area contributed by atoms with Crippen molar-refractivity contribution in [2.75, 3.05) is 13.6 Å². The largest absolute Gasteiger partial charge is 0.392 e. The number of aryl methyl sites for hydroxylation is 1. The Morgan fingerprint density at radius 3 is 1.88 bits per heavy atom. The fourth-order valence-corrected chi connectivity index (χ4v) is 10.4. The third-order valence-electron chi connectivity index (χ3n) is 12.7. The van der Waals surface area contributed by atoms with E-state index in [1.54, 1.807) is 24.3 Å². The van der Waals surface area contributed by atoms with Crippen LogP contribution in [0.1, 0.15) is 62.8 Å². The van der Waals surface area contributed by atoms with Crippen molar-refractivity contribution in [1.82, 2.24) is 14.9 Å². The van der Waals surface area contributed by atoms with Gasteiger partial charge in [0.15, 0.2) is 6.29 Å². The molecule has 1 saturated heterocycles. The van der Waals surface area contributed by atoms with Gasteiger partial charge in [-0.3, -0.25) is 9.69 Å². The van der Waals surface area contributed by atoms with Gasteiger partial charge in [0, 0.05) is 31.1 Å². The van der Waals surface area contributed by atoms with Crippen LogP contribution in [-0.2, 0) is 50.4 Å². The molecule has 1 aliphatic rings. The molecule has 10 heteroatoms. The summed E-state index contributed by atoms with van der Waals surface area (Å²) in [4.78, 5) is 16.3. The smallest absolute Gasteiger partial charge is 0.241 e. The van der Waals surface area contributed by atoms with Crippen molar-refractivity contribution in [2.24, 2.45) is 0 Å². The molecule has 8 aromatic carbocycles. The molecule has 5 unspecified atom stereocenters. The van der Waals surface area contributed by atoms with Gasteiger partial charge in [-0.2, -0.15) is 4.72 Å². The van der Waals surface area contributed by atoms with Crippen LogP contribution in [-0.4, -0.2) is 50.1 Å². The number of rotatable bonds is 16. The lowest BCUT2D eigenvalue weighted by Crippen LogP contribution is -2.47. The first-order valence-electron chi connectivity index (χ1n) is 22.7. The standard InChI is InChI=1S/C57H55N3O6S/c1-39-21-31-48(32-22-39)67(63,64)59-52(33-40-13-5-3-6-14-40)56(62)58-35-41-23-29-45(30-24-41)57-65-53(54(43-15-7-4-8-16-43)55(66-57)44-27-25-42(38-61)26-28-44)37-60(2)36-51-49-19-11-9-17-46(49)34-47-18-10-12-20-50(47)51/h3-32,34,52-55,57,59,61H,33,35-38H2,1-2H3,(H,58,62). The Morgan fingerprint density at radius 2 is 1.24 bits per heavy atom. The average Bonchev–Trinajstić information content (AvgIpc) is 3.36. The molecule has 1 amide bonds. The van der Waals surface area contributed by atoms with Crippen LogP contribution >= 0.6 is 0 Å². The van der Waals surface area contributed by atoms with Crippen molar-refractivity contribution in [3.8, 4) is 0 Å². The lowest BCUT2D eigenvalue weighted by atomic mass is 9.83. The van der Waals surface area contributed by atoms with Crippen LogP contribution in [0.4, 0.5) is 0 Å². The second-order valence-corrected chi connectivity index (χ2v) is 19.2. The summed E-state index contributed by atoms with van der Waals surface area (Å²) in [5.74, 6) is -0.612. The van der Waals surface area contributed by atoms with E-state index < -0.39 is 34.4 Å². The van der Waals surface area contributed by atoms with E-state index in [4.69, 9.17) is 9.47 Å². The van der Waals surface area contributed by atoms with E-state index in [-0.39, 0.29) is 36.5 Å². The second kappa shape index (κ2) is 20.6. The zero-order valence-electron chi connectivity index (χ0n) is 37.7. The minimum Gasteiger partial charge on any atom is -0.392 e. The number of aliphatic hydroxyl groups is 1. The lowest BCUT2D eigenvalue weighted by molar-refractivity contribution is -0.263. The molecule has 67 heavy (non-hydrogen) atoms. The van der Waals surface area contributed by atoms with E-state index in [9.17, 15) is 18.3 Å². The third kappa shape index (κ3) is 10.7. The number of nitrogens with zero attached hydrogens (tertiary/aromatic N) is 1. The van der Waals surface area contributed by atoms with Crippen LogP contribution in [0.5, 0.6) is 0 Å². The van der Waals surface area contributed by atoms with Gasteiger partial charge in [0.05, 0.1) is 23.7 Å². The predicted molar refractivity (Wildman–Crippen MR) is 264 cm³/mol. The Kier molecular flexibility index (Phi) is 14.0. The molecule has 1 aliphatic heterocycles. The fourth-order valence-electron chi connectivity index (χ4n) is 9.20. The lowest BCUT2D eigenvalue weighted by Gasteiger charge is -2.44. The first-order chi connectivity index (χ1) is 32.6. The van der Waals surface area contributed by atoms with E-state index in [1.165, 1.54) is 27.1 Å². The summed E-state index contributed by atoms with van der Waals surface area (Å²) in [6, 6.07) is 60.4. The van der Waals surface area contributed by atoms with E-state index >= 15 is 0 Å². The van der Waals surface area contributed by atoms with Crippen LogP contribution < -0.4 is 10.0 Å². The molecule has 0 bridgehead atoms. The van der Waals surface area contributed by atoms with Crippen LogP contribution in [0.15, 0.2) is 193 Å². The van der Waals surface area contributed by atoms with Crippen molar-refractivity contribution in [1.29, 1.82) is 0 Å². The number of ether oxygens (including phenoxy) is 2. The molecule has 0 saturated carbocycles. The Morgan fingerprint density at radius 1 is 0.657 bits per heavy atom. The molecular weight excluding hydrogens is 855 g/mol. The molecule has 340 valence electrons. The Bertz CT molecular complexity index is 2990. The first kappa shape index (κ1) is 45.6. The van der Waals surface area contributed by atoms with E-state index in [0.29, 0.717) is 13.1 Å². The normalized spacial score (nSPS) is 18.0. The Balaban J connectivity index is 0.975. The number of sulfonamides is 1. The van der Waals surface area contributed by atoms with Crippen molar-refractivity contribution < 1.29 is 27.8 Å². The topological polar surface area (TPSA) is 117 Å². The molecule has 0 aromatic heterocycles. The number of carbonyl (C=O) groups excluding carboxylic acids is 1. The van der Waals surface area contributed by atoms with Crippen LogP contribution in [0, 0.1) is 6.92 Å². The van der Waals surface area contributed by atoms with Crippen molar-refractivity contribution in [2.45, 2.75) is 68.4 Å². The number of hydrogen-bond acceptors (Lipinski definition) is 7. The summed E-state index contributed by atoms with van der Waals surface area (Å²) in [5.41, 5.74) is 7.57.